The number of rotatable bonds is 9. The van der Waals surface area contributed by atoms with E-state index in [9.17, 15) is 0 Å². The van der Waals surface area contributed by atoms with Crippen LogP contribution in [0.5, 0.6) is 0 Å². The lowest BCUT2D eigenvalue weighted by Crippen LogP contribution is -2.40. The summed E-state index contributed by atoms with van der Waals surface area (Å²) in [5, 5.41) is 6.79. The van der Waals surface area contributed by atoms with Crippen LogP contribution in [0.4, 0.5) is 0 Å². The van der Waals surface area contributed by atoms with Crippen LogP contribution in [0.1, 0.15) is 25.3 Å². The van der Waals surface area contributed by atoms with Crippen molar-refractivity contribution < 1.29 is 4.74 Å². The lowest BCUT2D eigenvalue weighted by Gasteiger charge is -2.23. The van der Waals surface area contributed by atoms with E-state index in [0.717, 1.165) is 45.2 Å². The van der Waals surface area contributed by atoms with Gasteiger partial charge in [0.05, 0.1) is 13.2 Å². The van der Waals surface area contributed by atoms with E-state index in [2.05, 4.69) is 52.8 Å². The van der Waals surface area contributed by atoms with E-state index in [-0.39, 0.29) is 24.0 Å². The number of methoxy groups -OCH3 is 1. The number of likely N-dealkylation sites (tertiary alicyclic amines) is 1. The zero-order valence-electron chi connectivity index (χ0n) is 15.5. The van der Waals surface area contributed by atoms with Gasteiger partial charge in [-0.1, -0.05) is 30.3 Å². The van der Waals surface area contributed by atoms with Gasteiger partial charge < -0.3 is 15.4 Å². The summed E-state index contributed by atoms with van der Waals surface area (Å²) in [6, 6.07) is 11.1. The van der Waals surface area contributed by atoms with Gasteiger partial charge in [0.1, 0.15) is 0 Å². The van der Waals surface area contributed by atoms with Crippen molar-refractivity contribution in [2.24, 2.45) is 4.99 Å². The summed E-state index contributed by atoms with van der Waals surface area (Å²) in [5.41, 5.74) is 1.35. The number of nitrogens with one attached hydrogen (secondary N) is 2. The van der Waals surface area contributed by atoms with Gasteiger partial charge in [0.25, 0.3) is 0 Å². The first-order valence-electron chi connectivity index (χ1n) is 9.12. The summed E-state index contributed by atoms with van der Waals surface area (Å²) in [4.78, 5) is 7.30. The fourth-order valence-electron chi connectivity index (χ4n) is 3.11. The summed E-state index contributed by atoms with van der Waals surface area (Å²) in [5.74, 6) is 0.923. The number of hydrogen-bond donors (Lipinski definition) is 2. The van der Waals surface area contributed by atoms with E-state index in [1.807, 2.05) is 0 Å². The maximum absolute atomic E-state index is 5.21. The first-order chi connectivity index (χ1) is 11.8. The van der Waals surface area contributed by atoms with Crippen LogP contribution in [-0.2, 0) is 11.2 Å². The molecule has 0 aliphatic carbocycles. The maximum atomic E-state index is 5.21. The molecule has 2 rings (SSSR count). The quantitative estimate of drug-likeness (QED) is 0.338. The van der Waals surface area contributed by atoms with Crippen LogP contribution in [0.25, 0.3) is 0 Å². The molecule has 25 heavy (non-hydrogen) atoms. The molecule has 0 bridgehead atoms. The summed E-state index contributed by atoms with van der Waals surface area (Å²) < 4.78 is 5.21. The molecule has 1 unspecified atom stereocenters. The highest BCUT2D eigenvalue weighted by Crippen LogP contribution is 2.16. The first kappa shape index (κ1) is 22.2. The number of guanidine groups is 1. The molecule has 0 amide bonds. The highest BCUT2D eigenvalue weighted by atomic mass is 127. The highest BCUT2D eigenvalue weighted by Gasteiger charge is 2.23. The van der Waals surface area contributed by atoms with Crippen molar-refractivity contribution in [3.8, 4) is 0 Å². The molecular weight excluding hydrogens is 427 g/mol. The van der Waals surface area contributed by atoms with E-state index in [1.54, 1.807) is 7.11 Å². The molecule has 0 aromatic heterocycles. The summed E-state index contributed by atoms with van der Waals surface area (Å²) in [6.07, 6.45) is 3.51. The smallest absolute Gasteiger partial charge is 0.191 e. The molecule has 1 saturated heterocycles. The van der Waals surface area contributed by atoms with Crippen LogP contribution in [0, 0.1) is 0 Å². The molecule has 5 nitrogen and oxygen atoms in total. The van der Waals surface area contributed by atoms with Crippen LogP contribution in [0.3, 0.4) is 0 Å². The average Bonchev–Trinajstić information content (AvgIpc) is 3.06. The monoisotopic (exact) mass is 460 g/mol. The van der Waals surface area contributed by atoms with Crippen LogP contribution >= 0.6 is 24.0 Å². The molecule has 1 heterocycles. The number of halogens is 1. The summed E-state index contributed by atoms with van der Waals surface area (Å²) in [7, 11) is 1.77. The predicted octanol–water partition coefficient (Wildman–Crippen LogP) is 2.51. The van der Waals surface area contributed by atoms with Gasteiger partial charge in [0, 0.05) is 32.8 Å². The second kappa shape index (κ2) is 13.4. The van der Waals surface area contributed by atoms with E-state index >= 15 is 0 Å². The minimum absolute atomic E-state index is 0. The molecule has 0 spiro atoms. The van der Waals surface area contributed by atoms with E-state index in [4.69, 9.17) is 9.73 Å². The van der Waals surface area contributed by atoms with Crippen molar-refractivity contribution in [2.75, 3.05) is 46.4 Å². The lowest BCUT2D eigenvalue weighted by molar-refractivity contribution is 0.142. The van der Waals surface area contributed by atoms with Crippen molar-refractivity contribution in [3.63, 3.8) is 0 Å². The highest BCUT2D eigenvalue weighted by molar-refractivity contribution is 14.0. The Labute approximate surface area is 169 Å². The molecule has 142 valence electrons. The third kappa shape index (κ3) is 8.37. The maximum Gasteiger partial charge on any atom is 0.191 e. The fraction of sp³-hybridized carbons (Fsp3) is 0.632. The van der Waals surface area contributed by atoms with Crippen LogP contribution in [0.2, 0.25) is 0 Å². The number of aliphatic imine (C=N–C) groups is 1. The number of ether oxygens (including phenoxy) is 1. The fourth-order valence-corrected chi connectivity index (χ4v) is 3.11. The average molecular weight is 460 g/mol. The molecule has 1 atom stereocenters. The Morgan fingerprint density at radius 3 is 2.80 bits per heavy atom. The molecule has 0 radical (unpaired) electrons. The molecule has 6 heteroatoms. The van der Waals surface area contributed by atoms with Crippen molar-refractivity contribution >= 4 is 29.9 Å². The van der Waals surface area contributed by atoms with Crippen LogP contribution in [-0.4, -0.2) is 63.3 Å². The number of benzene rings is 1. The third-order valence-corrected chi connectivity index (χ3v) is 4.44. The molecule has 1 fully saturated rings. The van der Waals surface area contributed by atoms with Gasteiger partial charge in [-0.05, 0) is 38.3 Å². The number of nitrogens with zero attached hydrogens (tertiary/aromatic N) is 2. The standard InChI is InChI=1S/C19H32N4O.HI/c1-3-20-19(21-12-11-17-8-5-4-6-9-17)22-16-18-10-7-13-23(18)14-15-24-2;/h4-6,8-9,18H,3,7,10-16H2,1-2H3,(H2,20,21,22);1H. The van der Waals surface area contributed by atoms with Crippen molar-refractivity contribution in [1.82, 2.24) is 15.5 Å². The zero-order valence-corrected chi connectivity index (χ0v) is 17.9. The van der Waals surface area contributed by atoms with Crippen molar-refractivity contribution in [2.45, 2.75) is 32.2 Å². The molecule has 1 aromatic rings. The molecule has 1 aliphatic heterocycles. The minimum Gasteiger partial charge on any atom is -0.383 e. The van der Waals surface area contributed by atoms with E-state index in [0.29, 0.717) is 6.04 Å². The van der Waals surface area contributed by atoms with Gasteiger partial charge >= 0.3 is 0 Å². The van der Waals surface area contributed by atoms with E-state index in [1.165, 1.54) is 24.9 Å². The Morgan fingerprint density at radius 1 is 1.28 bits per heavy atom. The lowest BCUT2D eigenvalue weighted by atomic mass is 10.1. The summed E-state index contributed by atoms with van der Waals surface area (Å²) in [6.45, 7) is 7.72. The Balaban J connectivity index is 0.00000312. The van der Waals surface area contributed by atoms with Gasteiger partial charge in [0.2, 0.25) is 0 Å². The number of hydrogen-bond acceptors (Lipinski definition) is 3. The Bertz CT molecular complexity index is 484. The molecule has 1 aliphatic rings. The molecule has 1 aromatic carbocycles. The molecule has 2 N–H and O–H groups in total. The van der Waals surface area contributed by atoms with E-state index < -0.39 is 0 Å². The normalized spacial score (nSPS) is 18.0. The molecular formula is C19H33IN4O. The SMILES string of the molecule is CCNC(=NCC1CCCN1CCOC)NCCc1ccccc1.I. The van der Waals surface area contributed by atoms with Crippen molar-refractivity contribution in [1.29, 1.82) is 0 Å². The van der Waals surface area contributed by atoms with Gasteiger partial charge in [-0.25, -0.2) is 0 Å². The first-order valence-corrected chi connectivity index (χ1v) is 9.12. The second-order valence-electron chi connectivity index (χ2n) is 6.21. The van der Waals surface area contributed by atoms with Crippen molar-refractivity contribution in [3.05, 3.63) is 35.9 Å². The topological polar surface area (TPSA) is 48.9 Å². The molecule has 0 saturated carbocycles. The van der Waals surface area contributed by atoms with Gasteiger partial charge in [-0.2, -0.15) is 0 Å². The Morgan fingerprint density at radius 2 is 2.08 bits per heavy atom. The third-order valence-electron chi connectivity index (χ3n) is 4.44. The predicted molar refractivity (Wildman–Crippen MR) is 116 cm³/mol. The summed E-state index contributed by atoms with van der Waals surface area (Å²) >= 11 is 0. The van der Waals surface area contributed by atoms with Crippen LogP contribution < -0.4 is 10.6 Å². The van der Waals surface area contributed by atoms with Gasteiger partial charge in [-0.3, -0.25) is 9.89 Å². The minimum atomic E-state index is 0. The zero-order chi connectivity index (χ0) is 17.0. The Hall–Kier alpha value is -0.860. The van der Waals surface area contributed by atoms with Gasteiger partial charge in [0.15, 0.2) is 5.96 Å². The largest absolute Gasteiger partial charge is 0.383 e. The van der Waals surface area contributed by atoms with Crippen LogP contribution in [0.15, 0.2) is 35.3 Å². The Kier molecular flexibility index (Phi) is 11.9. The van der Waals surface area contributed by atoms with Gasteiger partial charge in [-0.15, -0.1) is 24.0 Å². The second-order valence-corrected chi connectivity index (χ2v) is 6.21.